The molecule has 0 unspecified atom stereocenters. The van der Waals surface area contributed by atoms with Gasteiger partial charge in [0, 0.05) is 22.1 Å². The highest BCUT2D eigenvalue weighted by Crippen LogP contribution is 2.31. The molecule has 3 aromatic carbocycles. The number of hydrogen-bond acceptors (Lipinski definition) is 4. The minimum atomic E-state index is -1.34. The molecule has 0 fully saturated rings. The Morgan fingerprint density at radius 2 is 1.67 bits per heavy atom. The van der Waals surface area contributed by atoms with E-state index in [1.54, 1.807) is 23.5 Å². The number of carbonyl (C=O) groups excluding carboxylic acids is 1. The van der Waals surface area contributed by atoms with E-state index in [-0.39, 0.29) is 0 Å². The monoisotopic (exact) mass is 416 g/mol. The third-order valence-electron chi connectivity index (χ3n) is 4.88. The molecule has 1 aromatic heterocycles. The van der Waals surface area contributed by atoms with Gasteiger partial charge in [0.1, 0.15) is 10.5 Å². The van der Waals surface area contributed by atoms with Gasteiger partial charge in [0.25, 0.3) is 5.91 Å². The first-order valence-electron chi connectivity index (χ1n) is 9.44. The average molecular weight is 417 g/mol. The Morgan fingerprint density at radius 1 is 0.933 bits per heavy atom. The zero-order valence-electron chi connectivity index (χ0n) is 16.5. The lowest BCUT2D eigenvalue weighted by Crippen LogP contribution is -2.49. The molecule has 0 aliphatic rings. The van der Waals surface area contributed by atoms with Crippen LogP contribution in [0, 0.1) is 0 Å². The van der Waals surface area contributed by atoms with Crippen LogP contribution in [0.5, 0.6) is 0 Å². The molecule has 4 aromatic rings. The van der Waals surface area contributed by atoms with Crippen LogP contribution in [0.1, 0.15) is 24.2 Å². The van der Waals surface area contributed by atoms with Crippen molar-refractivity contribution in [3.05, 3.63) is 77.7 Å². The minimum Gasteiger partial charge on any atom is -0.480 e. The zero-order chi connectivity index (χ0) is 21.3. The van der Waals surface area contributed by atoms with E-state index < -0.39 is 17.4 Å². The third kappa shape index (κ3) is 3.95. The number of nitrogens with zero attached hydrogens (tertiary/aromatic N) is 1. The van der Waals surface area contributed by atoms with E-state index in [0.717, 1.165) is 32.6 Å². The fraction of sp³-hybridized carbons (Fsp3) is 0.125. The van der Waals surface area contributed by atoms with E-state index in [9.17, 15) is 14.7 Å². The number of amides is 1. The van der Waals surface area contributed by atoms with Crippen molar-refractivity contribution >= 4 is 34.0 Å². The molecule has 0 radical (unpaired) electrons. The number of fused-ring (bicyclic) bond motifs is 1. The second-order valence-corrected chi connectivity index (χ2v) is 8.42. The SMILES string of the molecule is CC(C)(NC(=O)c1ccc2ccc(-c3nc(-c4ccccc4)cs3)cc2c1)C(=O)O. The molecule has 30 heavy (non-hydrogen) atoms. The summed E-state index contributed by atoms with van der Waals surface area (Å²) in [7, 11) is 0. The summed E-state index contributed by atoms with van der Waals surface area (Å²) < 4.78 is 0. The number of rotatable bonds is 5. The van der Waals surface area contributed by atoms with Crippen LogP contribution >= 0.6 is 11.3 Å². The minimum absolute atomic E-state index is 0.415. The van der Waals surface area contributed by atoms with Gasteiger partial charge in [-0.1, -0.05) is 48.5 Å². The topological polar surface area (TPSA) is 79.3 Å². The molecule has 0 aliphatic carbocycles. The number of aromatic nitrogens is 1. The number of benzene rings is 3. The Balaban J connectivity index is 1.65. The van der Waals surface area contributed by atoms with Gasteiger partial charge in [0.15, 0.2) is 0 Å². The first-order chi connectivity index (χ1) is 14.3. The Kier molecular flexibility index (Phi) is 5.10. The van der Waals surface area contributed by atoms with E-state index in [4.69, 9.17) is 4.98 Å². The van der Waals surface area contributed by atoms with Crippen LogP contribution in [-0.2, 0) is 4.79 Å². The maximum absolute atomic E-state index is 12.5. The van der Waals surface area contributed by atoms with Gasteiger partial charge in [-0.15, -0.1) is 11.3 Å². The molecule has 5 nitrogen and oxygen atoms in total. The molecule has 2 N–H and O–H groups in total. The number of hydrogen-bond donors (Lipinski definition) is 2. The van der Waals surface area contributed by atoms with Crippen molar-refractivity contribution in [1.29, 1.82) is 0 Å². The first kappa shape index (κ1) is 19.8. The molecule has 0 saturated heterocycles. The standard InChI is InChI=1S/C24H20N2O3S/c1-24(2,23(28)29)26-21(27)17-10-8-15-9-11-18(13-19(15)12-17)22-25-20(14-30-22)16-6-4-3-5-7-16/h3-14H,1-2H3,(H,26,27)(H,28,29). The summed E-state index contributed by atoms with van der Waals surface area (Å²) in [5, 5.41) is 16.6. The summed E-state index contributed by atoms with van der Waals surface area (Å²) in [5.74, 6) is -1.51. The summed E-state index contributed by atoms with van der Waals surface area (Å²) in [4.78, 5) is 28.6. The van der Waals surface area contributed by atoms with Gasteiger partial charge in [-0.2, -0.15) is 0 Å². The van der Waals surface area contributed by atoms with Crippen LogP contribution in [-0.4, -0.2) is 27.5 Å². The van der Waals surface area contributed by atoms with Gasteiger partial charge in [-0.3, -0.25) is 4.79 Å². The highest BCUT2D eigenvalue weighted by molar-refractivity contribution is 7.13. The first-order valence-corrected chi connectivity index (χ1v) is 10.3. The number of nitrogens with one attached hydrogen (secondary N) is 1. The molecule has 0 aliphatic heterocycles. The Bertz CT molecular complexity index is 1250. The van der Waals surface area contributed by atoms with Crippen molar-refractivity contribution in [2.24, 2.45) is 0 Å². The van der Waals surface area contributed by atoms with E-state index >= 15 is 0 Å². The van der Waals surface area contributed by atoms with Gasteiger partial charge >= 0.3 is 5.97 Å². The van der Waals surface area contributed by atoms with E-state index in [1.807, 2.05) is 60.0 Å². The summed E-state index contributed by atoms with van der Waals surface area (Å²) in [6.07, 6.45) is 0. The normalized spacial score (nSPS) is 11.4. The van der Waals surface area contributed by atoms with Crippen molar-refractivity contribution in [3.63, 3.8) is 0 Å². The van der Waals surface area contributed by atoms with E-state index in [2.05, 4.69) is 5.32 Å². The van der Waals surface area contributed by atoms with Gasteiger partial charge < -0.3 is 10.4 Å². The number of aliphatic carboxylic acids is 1. The number of carboxylic acid groups (broad SMARTS) is 1. The zero-order valence-corrected chi connectivity index (χ0v) is 17.4. The molecule has 0 atom stereocenters. The molecule has 4 rings (SSSR count). The molecular weight excluding hydrogens is 396 g/mol. The Labute approximate surface area is 178 Å². The quantitative estimate of drug-likeness (QED) is 0.467. The van der Waals surface area contributed by atoms with Gasteiger partial charge in [0.2, 0.25) is 0 Å². The second-order valence-electron chi connectivity index (χ2n) is 7.56. The smallest absolute Gasteiger partial charge is 0.328 e. The summed E-state index contributed by atoms with van der Waals surface area (Å²) >= 11 is 1.57. The predicted octanol–water partition coefficient (Wildman–Crippen LogP) is 5.22. The summed E-state index contributed by atoms with van der Waals surface area (Å²) in [6, 6.07) is 21.4. The van der Waals surface area contributed by atoms with E-state index in [1.165, 1.54) is 13.8 Å². The summed E-state index contributed by atoms with van der Waals surface area (Å²) in [6.45, 7) is 2.92. The fourth-order valence-corrected chi connectivity index (χ4v) is 3.90. The Hall–Kier alpha value is -3.51. The highest BCUT2D eigenvalue weighted by atomic mass is 32.1. The molecular formula is C24H20N2O3S. The fourth-order valence-electron chi connectivity index (χ4n) is 3.08. The molecule has 6 heteroatoms. The molecule has 1 amide bonds. The lowest BCUT2D eigenvalue weighted by Gasteiger charge is -2.21. The van der Waals surface area contributed by atoms with Gasteiger partial charge in [-0.25, -0.2) is 9.78 Å². The van der Waals surface area contributed by atoms with Crippen molar-refractivity contribution in [1.82, 2.24) is 10.3 Å². The molecule has 1 heterocycles. The lowest BCUT2D eigenvalue weighted by atomic mass is 10.0. The third-order valence-corrected chi connectivity index (χ3v) is 5.78. The largest absolute Gasteiger partial charge is 0.480 e. The molecule has 0 saturated carbocycles. The molecule has 150 valence electrons. The van der Waals surface area contributed by atoms with Crippen molar-refractivity contribution in [3.8, 4) is 21.8 Å². The number of carbonyl (C=O) groups is 2. The number of carboxylic acids is 1. The lowest BCUT2D eigenvalue weighted by molar-refractivity contribution is -0.143. The predicted molar refractivity (Wildman–Crippen MR) is 120 cm³/mol. The second kappa shape index (κ2) is 7.72. The van der Waals surface area contributed by atoms with Crippen LogP contribution in [0.2, 0.25) is 0 Å². The van der Waals surface area contributed by atoms with Crippen LogP contribution < -0.4 is 5.32 Å². The van der Waals surface area contributed by atoms with Crippen LogP contribution in [0.15, 0.2) is 72.1 Å². The van der Waals surface area contributed by atoms with Gasteiger partial charge in [-0.05, 0) is 42.8 Å². The maximum Gasteiger partial charge on any atom is 0.328 e. The van der Waals surface area contributed by atoms with Crippen LogP contribution in [0.4, 0.5) is 0 Å². The molecule has 0 bridgehead atoms. The average Bonchev–Trinajstić information content (AvgIpc) is 3.23. The molecule has 0 spiro atoms. The van der Waals surface area contributed by atoms with Crippen molar-refractivity contribution in [2.45, 2.75) is 19.4 Å². The summed E-state index contributed by atoms with van der Waals surface area (Å²) in [5.41, 5.74) is 2.04. The van der Waals surface area contributed by atoms with Crippen molar-refractivity contribution in [2.75, 3.05) is 0 Å². The maximum atomic E-state index is 12.5. The Morgan fingerprint density at radius 3 is 2.40 bits per heavy atom. The van der Waals surface area contributed by atoms with E-state index in [0.29, 0.717) is 5.56 Å². The van der Waals surface area contributed by atoms with Crippen LogP contribution in [0.3, 0.4) is 0 Å². The van der Waals surface area contributed by atoms with Crippen molar-refractivity contribution < 1.29 is 14.7 Å². The number of thiazole rings is 1. The van der Waals surface area contributed by atoms with Gasteiger partial charge in [0.05, 0.1) is 5.69 Å². The highest BCUT2D eigenvalue weighted by Gasteiger charge is 2.29. The van der Waals surface area contributed by atoms with Crippen LogP contribution in [0.25, 0.3) is 32.6 Å².